The highest BCUT2D eigenvalue weighted by molar-refractivity contribution is 5.96. The fourth-order valence-corrected chi connectivity index (χ4v) is 6.10. The number of likely N-dealkylation sites (N-methyl/N-ethyl adjacent to an activating group) is 1. The zero-order valence-corrected chi connectivity index (χ0v) is 29.4. The minimum atomic E-state index is -1.23. The van der Waals surface area contributed by atoms with E-state index in [1.54, 1.807) is 43.3 Å². The maximum Gasteiger partial charge on any atom is 0.226 e. The molecule has 2 aromatic carbocycles. The Morgan fingerprint density at radius 3 is 2.20 bits per heavy atom. The van der Waals surface area contributed by atoms with Gasteiger partial charge in [0.05, 0.1) is 12.1 Å². The van der Waals surface area contributed by atoms with Gasteiger partial charge >= 0.3 is 0 Å². The highest BCUT2D eigenvalue weighted by Crippen LogP contribution is 2.41. The van der Waals surface area contributed by atoms with Gasteiger partial charge < -0.3 is 41.7 Å². The summed E-state index contributed by atoms with van der Waals surface area (Å²) in [6.45, 7) is 3.66. The van der Waals surface area contributed by atoms with Crippen LogP contribution in [0.3, 0.4) is 0 Å². The first-order valence-electron chi connectivity index (χ1n) is 17.0. The molecule has 1 aliphatic rings. The van der Waals surface area contributed by atoms with Crippen molar-refractivity contribution in [3.63, 3.8) is 0 Å². The normalized spacial score (nSPS) is 18.0. The molecule has 0 unspecified atom stereocenters. The SMILES string of the molecule is CC(=O)C[C@@H](CCC(N)=O)C(=O)N(C)[C@@H]1C(=O)C[C@@H](C)C(=O)N[C@H](C(=O)CCC#N)Cc2ccc(OCCN)c(c2)-c2cc1ccc2OCCN. The van der Waals surface area contributed by atoms with E-state index in [0.717, 1.165) is 0 Å². The van der Waals surface area contributed by atoms with Gasteiger partial charge in [0.2, 0.25) is 17.7 Å². The van der Waals surface area contributed by atoms with Crippen LogP contribution in [-0.2, 0) is 35.2 Å². The number of nitrogens with zero attached hydrogens (tertiary/aromatic N) is 2. The maximum atomic E-state index is 14.3. The highest BCUT2D eigenvalue weighted by Gasteiger charge is 2.36. The van der Waals surface area contributed by atoms with Crippen LogP contribution in [0, 0.1) is 23.2 Å². The third kappa shape index (κ3) is 11.2. The summed E-state index contributed by atoms with van der Waals surface area (Å²) in [6, 6.07) is 10.0. The van der Waals surface area contributed by atoms with Gasteiger partial charge in [-0.05, 0) is 55.2 Å². The van der Waals surface area contributed by atoms with Crippen molar-refractivity contribution >= 4 is 35.1 Å². The molecule has 0 fully saturated rings. The van der Waals surface area contributed by atoms with Crippen molar-refractivity contribution < 1.29 is 38.2 Å². The summed E-state index contributed by atoms with van der Waals surface area (Å²) < 4.78 is 12.1. The molecule has 274 valence electrons. The predicted octanol–water partition coefficient (Wildman–Crippen LogP) is 1.90. The first kappa shape index (κ1) is 40.3. The minimum Gasteiger partial charge on any atom is -0.492 e. The smallest absolute Gasteiger partial charge is 0.226 e. The van der Waals surface area contributed by atoms with Crippen LogP contribution in [0.25, 0.3) is 11.1 Å². The quantitative estimate of drug-likeness (QED) is 0.197. The molecule has 3 rings (SSSR count). The second kappa shape index (κ2) is 19.3. The highest BCUT2D eigenvalue weighted by atomic mass is 16.5. The van der Waals surface area contributed by atoms with Crippen LogP contribution < -0.4 is 32.0 Å². The molecular formula is C37H48N6O8. The average Bonchev–Trinajstić information content (AvgIpc) is 3.09. The number of nitrogens with two attached hydrogens (primary N) is 3. The van der Waals surface area contributed by atoms with Crippen LogP contribution in [0.4, 0.5) is 0 Å². The zero-order valence-electron chi connectivity index (χ0n) is 29.4. The summed E-state index contributed by atoms with van der Waals surface area (Å²) >= 11 is 0. The first-order chi connectivity index (χ1) is 24.3. The molecule has 1 heterocycles. The first-order valence-corrected chi connectivity index (χ1v) is 17.0. The number of fused-ring (bicyclic) bond motifs is 5. The van der Waals surface area contributed by atoms with Crippen molar-refractivity contribution in [1.82, 2.24) is 10.2 Å². The average molecular weight is 705 g/mol. The number of nitriles is 1. The van der Waals surface area contributed by atoms with Crippen LogP contribution in [0.2, 0.25) is 0 Å². The van der Waals surface area contributed by atoms with Gasteiger partial charge in [-0.15, -0.1) is 0 Å². The van der Waals surface area contributed by atoms with Gasteiger partial charge in [-0.1, -0.05) is 19.1 Å². The van der Waals surface area contributed by atoms with Gasteiger partial charge in [0, 0.05) is 75.2 Å². The second-order valence-corrected chi connectivity index (χ2v) is 12.8. The van der Waals surface area contributed by atoms with Crippen molar-refractivity contribution in [3.8, 4) is 28.7 Å². The van der Waals surface area contributed by atoms with E-state index in [2.05, 4.69) is 5.32 Å². The Morgan fingerprint density at radius 2 is 1.61 bits per heavy atom. The van der Waals surface area contributed by atoms with Crippen molar-refractivity contribution in [1.29, 1.82) is 5.26 Å². The number of hydrogen-bond donors (Lipinski definition) is 4. The van der Waals surface area contributed by atoms with Crippen LogP contribution in [0.15, 0.2) is 36.4 Å². The monoisotopic (exact) mass is 704 g/mol. The van der Waals surface area contributed by atoms with Crippen molar-refractivity contribution in [2.45, 2.75) is 70.9 Å². The van der Waals surface area contributed by atoms with E-state index in [1.807, 2.05) is 6.07 Å². The fourth-order valence-electron chi connectivity index (χ4n) is 6.10. The van der Waals surface area contributed by atoms with E-state index < -0.39 is 47.4 Å². The molecule has 14 heteroatoms. The molecule has 7 N–H and O–H groups in total. The molecule has 0 saturated heterocycles. The molecule has 4 bridgehead atoms. The number of carbonyl (C=O) groups excluding carboxylic acids is 6. The summed E-state index contributed by atoms with van der Waals surface area (Å²) in [5.74, 6) is -3.84. The number of rotatable bonds is 16. The van der Waals surface area contributed by atoms with Crippen molar-refractivity contribution in [3.05, 3.63) is 47.5 Å². The lowest BCUT2D eigenvalue weighted by Gasteiger charge is -2.32. The summed E-state index contributed by atoms with van der Waals surface area (Å²) in [5.41, 5.74) is 19.0. The second-order valence-electron chi connectivity index (χ2n) is 12.8. The molecule has 0 aliphatic carbocycles. The number of Topliss-reactive ketones (excluding diaryl/α,β-unsaturated/α-hetero) is 3. The molecule has 14 nitrogen and oxygen atoms in total. The van der Waals surface area contributed by atoms with Crippen LogP contribution >= 0.6 is 0 Å². The van der Waals surface area contributed by atoms with Gasteiger partial charge in [-0.3, -0.25) is 24.0 Å². The molecule has 1 aliphatic heterocycles. The van der Waals surface area contributed by atoms with Crippen LogP contribution in [0.1, 0.15) is 69.5 Å². The van der Waals surface area contributed by atoms with Gasteiger partial charge in [0.1, 0.15) is 36.5 Å². The topological polar surface area (TPSA) is 238 Å². The van der Waals surface area contributed by atoms with E-state index >= 15 is 0 Å². The van der Waals surface area contributed by atoms with E-state index in [0.29, 0.717) is 33.8 Å². The number of benzene rings is 2. The Hall–Kier alpha value is -5.13. The Labute approximate surface area is 298 Å². The van der Waals surface area contributed by atoms with Crippen LogP contribution in [0.5, 0.6) is 11.5 Å². The lowest BCUT2D eigenvalue weighted by Crippen LogP contribution is -2.45. The van der Waals surface area contributed by atoms with E-state index in [4.69, 9.17) is 31.9 Å². The number of ether oxygens (including phenoxy) is 2. The number of primary amides is 1. The molecule has 3 amide bonds. The molecule has 4 atom stereocenters. The molecule has 51 heavy (non-hydrogen) atoms. The standard InChI is InChI=1S/C37H48N6O8/c1-22-17-31(46)35(43(3)37(49)26(18-23(2)44)8-11-34(41)47)25-7-10-33(51-16-14-40)28(21-25)27-19-24(6-9-32(27)50-15-13-39)20-29(42-36(22)48)30(45)5-4-12-38/h6-7,9-10,19,21-22,26,29,35H,4-5,8,11,13-18,20,39-40H2,1-3H3,(H2,41,47)(H,42,48)/t22-,26-,29+,35+/m1/s1. The van der Waals surface area contributed by atoms with E-state index in [-0.39, 0.29) is 82.8 Å². The van der Waals surface area contributed by atoms with Crippen LogP contribution in [-0.4, -0.2) is 79.4 Å². The number of nitrogens with one attached hydrogen (secondary N) is 1. The van der Waals surface area contributed by atoms with Crippen molar-refractivity contribution in [2.75, 3.05) is 33.4 Å². The van der Waals surface area contributed by atoms with Gasteiger partial charge in [-0.25, -0.2) is 0 Å². The molecule has 2 aromatic rings. The predicted molar refractivity (Wildman–Crippen MR) is 188 cm³/mol. The molecule has 0 spiro atoms. The largest absolute Gasteiger partial charge is 0.492 e. The van der Waals surface area contributed by atoms with Crippen molar-refractivity contribution in [2.24, 2.45) is 29.0 Å². The number of hydrogen-bond acceptors (Lipinski definition) is 11. The third-order valence-corrected chi connectivity index (χ3v) is 8.65. The van der Waals surface area contributed by atoms with Gasteiger partial charge in [-0.2, -0.15) is 5.26 Å². The van der Waals surface area contributed by atoms with E-state index in [9.17, 15) is 28.8 Å². The Morgan fingerprint density at radius 1 is 0.980 bits per heavy atom. The van der Waals surface area contributed by atoms with E-state index in [1.165, 1.54) is 18.9 Å². The number of amides is 3. The number of carbonyl (C=O) groups is 6. The summed E-state index contributed by atoms with van der Waals surface area (Å²) in [5, 5.41) is 11.9. The molecule has 0 aromatic heterocycles. The Bertz CT molecular complexity index is 1650. The summed E-state index contributed by atoms with van der Waals surface area (Å²) in [6.07, 6.45) is -0.610. The molecule has 0 saturated carbocycles. The summed E-state index contributed by atoms with van der Waals surface area (Å²) in [7, 11) is 1.44. The zero-order chi connectivity index (χ0) is 37.7. The van der Waals surface area contributed by atoms with Gasteiger partial charge in [0.25, 0.3) is 0 Å². The minimum absolute atomic E-state index is 0.00474. The molecular weight excluding hydrogens is 656 g/mol. The third-order valence-electron chi connectivity index (χ3n) is 8.65. The summed E-state index contributed by atoms with van der Waals surface area (Å²) in [4.78, 5) is 80.2. The Kier molecular flexibility index (Phi) is 15.3. The maximum absolute atomic E-state index is 14.3. The fraction of sp³-hybridized carbons (Fsp3) is 0.486. The lowest BCUT2D eigenvalue weighted by molar-refractivity contribution is -0.144. The Balaban J connectivity index is 2.30. The number of ketones is 3. The lowest BCUT2D eigenvalue weighted by atomic mass is 9.88. The molecule has 0 radical (unpaired) electrons. The van der Waals surface area contributed by atoms with Gasteiger partial charge in [0.15, 0.2) is 11.6 Å².